The molecule has 0 bridgehead atoms. The second kappa shape index (κ2) is 16.6. The first-order chi connectivity index (χ1) is 16.9. The molecule has 0 heterocycles. The third-order valence-electron chi connectivity index (χ3n) is 7.14. The smallest absolute Gasteiger partial charge is 0.309 e. The van der Waals surface area contributed by atoms with Crippen molar-refractivity contribution < 1.29 is 23.8 Å². The highest BCUT2D eigenvalue weighted by Gasteiger charge is 2.41. The van der Waals surface area contributed by atoms with Crippen LogP contribution in [0.2, 0.25) is 0 Å². The van der Waals surface area contributed by atoms with Gasteiger partial charge in [-0.15, -0.1) is 0 Å². The summed E-state index contributed by atoms with van der Waals surface area (Å²) in [6.07, 6.45) is 10.7. The Bertz CT molecular complexity index is 717. The van der Waals surface area contributed by atoms with Crippen molar-refractivity contribution in [3.8, 4) is 5.75 Å². The Balaban J connectivity index is 1.79. The molecule has 4 atom stereocenters. The van der Waals surface area contributed by atoms with Crippen molar-refractivity contribution in [1.82, 2.24) is 0 Å². The van der Waals surface area contributed by atoms with Crippen LogP contribution >= 0.6 is 0 Å². The highest BCUT2D eigenvalue weighted by Crippen LogP contribution is 2.38. The van der Waals surface area contributed by atoms with Crippen molar-refractivity contribution in [2.45, 2.75) is 91.9 Å². The van der Waals surface area contributed by atoms with Gasteiger partial charge in [0.05, 0.1) is 18.4 Å². The molecule has 1 aromatic carbocycles. The summed E-state index contributed by atoms with van der Waals surface area (Å²) in [5, 5.41) is 0. The molecule has 5 nitrogen and oxygen atoms in total. The summed E-state index contributed by atoms with van der Waals surface area (Å²) in [6, 6.07) is 9.47. The Labute approximate surface area is 213 Å². The van der Waals surface area contributed by atoms with Gasteiger partial charge in [0.15, 0.2) is 0 Å². The van der Waals surface area contributed by atoms with E-state index in [4.69, 9.17) is 14.2 Å². The van der Waals surface area contributed by atoms with E-state index in [1.54, 1.807) is 0 Å². The molecule has 1 saturated carbocycles. The van der Waals surface area contributed by atoms with Crippen LogP contribution in [-0.2, 0) is 19.1 Å². The zero-order valence-corrected chi connectivity index (χ0v) is 22.5. The minimum atomic E-state index is -0.415. The van der Waals surface area contributed by atoms with E-state index in [9.17, 15) is 9.59 Å². The summed E-state index contributed by atoms with van der Waals surface area (Å²) >= 11 is 0. The van der Waals surface area contributed by atoms with Gasteiger partial charge in [-0.3, -0.25) is 9.59 Å². The quantitative estimate of drug-likeness (QED) is 0.181. The average Bonchev–Trinajstić information content (AvgIpc) is 2.85. The minimum Gasteiger partial charge on any atom is -0.490 e. The SMILES string of the molecule is CCCOC(=O)C1CC(CCCC(C)CCCC(C)C)CCC1C(=O)OCCOc1ccccc1. The largest absolute Gasteiger partial charge is 0.490 e. The molecule has 1 fully saturated rings. The van der Waals surface area contributed by atoms with Crippen molar-refractivity contribution in [2.75, 3.05) is 19.8 Å². The lowest BCUT2D eigenvalue weighted by Gasteiger charge is -2.33. The first-order valence-electron chi connectivity index (χ1n) is 13.9. The van der Waals surface area contributed by atoms with Gasteiger partial charge in [-0.2, -0.15) is 0 Å². The molecule has 2 rings (SSSR count). The predicted molar refractivity (Wildman–Crippen MR) is 140 cm³/mol. The lowest BCUT2D eigenvalue weighted by molar-refractivity contribution is -0.164. The summed E-state index contributed by atoms with van der Waals surface area (Å²) in [4.78, 5) is 25.7. The number of esters is 2. The Morgan fingerprint density at radius 1 is 0.857 bits per heavy atom. The van der Waals surface area contributed by atoms with Crippen LogP contribution in [0.5, 0.6) is 5.75 Å². The molecular weight excluding hydrogens is 440 g/mol. The summed E-state index contributed by atoms with van der Waals surface area (Å²) < 4.78 is 16.6. The van der Waals surface area contributed by atoms with E-state index in [-0.39, 0.29) is 18.5 Å². The molecule has 1 aromatic rings. The summed E-state index contributed by atoms with van der Waals surface area (Å²) in [5.74, 6) is 1.42. The summed E-state index contributed by atoms with van der Waals surface area (Å²) in [7, 11) is 0. The number of rotatable bonds is 16. The van der Waals surface area contributed by atoms with E-state index in [1.807, 2.05) is 37.3 Å². The molecule has 0 aliphatic heterocycles. The highest BCUT2D eigenvalue weighted by atomic mass is 16.6. The van der Waals surface area contributed by atoms with Crippen molar-refractivity contribution in [1.29, 1.82) is 0 Å². The van der Waals surface area contributed by atoms with E-state index in [0.29, 0.717) is 25.6 Å². The van der Waals surface area contributed by atoms with Crippen LogP contribution in [0.4, 0.5) is 0 Å². The second-order valence-electron chi connectivity index (χ2n) is 10.7. The van der Waals surface area contributed by atoms with Crippen LogP contribution in [0.25, 0.3) is 0 Å². The topological polar surface area (TPSA) is 61.8 Å². The maximum Gasteiger partial charge on any atom is 0.309 e. The number of carbonyl (C=O) groups is 2. The van der Waals surface area contributed by atoms with Gasteiger partial charge in [0, 0.05) is 0 Å². The zero-order chi connectivity index (χ0) is 25.5. The summed E-state index contributed by atoms with van der Waals surface area (Å²) in [5.41, 5.74) is 0. The fourth-order valence-corrected chi connectivity index (χ4v) is 5.07. The molecule has 0 radical (unpaired) electrons. The molecule has 0 saturated heterocycles. The third-order valence-corrected chi connectivity index (χ3v) is 7.14. The molecule has 1 aliphatic rings. The van der Waals surface area contributed by atoms with E-state index >= 15 is 0 Å². The highest BCUT2D eigenvalue weighted by molar-refractivity contribution is 5.82. The van der Waals surface area contributed by atoms with Gasteiger partial charge in [0.1, 0.15) is 19.0 Å². The van der Waals surface area contributed by atoms with Crippen molar-refractivity contribution in [3.05, 3.63) is 30.3 Å². The number of ether oxygens (including phenoxy) is 3. The molecule has 5 heteroatoms. The van der Waals surface area contributed by atoms with Crippen LogP contribution < -0.4 is 4.74 Å². The van der Waals surface area contributed by atoms with E-state index < -0.39 is 11.8 Å². The number of benzene rings is 1. The monoisotopic (exact) mass is 488 g/mol. The van der Waals surface area contributed by atoms with Crippen molar-refractivity contribution in [3.63, 3.8) is 0 Å². The van der Waals surface area contributed by atoms with E-state index in [1.165, 1.54) is 32.1 Å². The molecule has 0 amide bonds. The van der Waals surface area contributed by atoms with Gasteiger partial charge in [0.25, 0.3) is 0 Å². The Morgan fingerprint density at radius 2 is 1.54 bits per heavy atom. The van der Waals surface area contributed by atoms with Crippen molar-refractivity contribution >= 4 is 11.9 Å². The normalized spacial score (nSPS) is 20.9. The zero-order valence-electron chi connectivity index (χ0n) is 22.5. The lowest BCUT2D eigenvalue weighted by Crippen LogP contribution is -2.38. The van der Waals surface area contributed by atoms with Gasteiger partial charge in [-0.25, -0.2) is 0 Å². The first-order valence-corrected chi connectivity index (χ1v) is 13.9. The van der Waals surface area contributed by atoms with Crippen LogP contribution in [0.3, 0.4) is 0 Å². The minimum absolute atomic E-state index is 0.180. The molecule has 0 N–H and O–H groups in total. The van der Waals surface area contributed by atoms with E-state index in [0.717, 1.165) is 43.3 Å². The van der Waals surface area contributed by atoms with Crippen LogP contribution in [0.15, 0.2) is 30.3 Å². The fourth-order valence-electron chi connectivity index (χ4n) is 5.07. The predicted octanol–water partition coefficient (Wildman–Crippen LogP) is 7.23. The third kappa shape index (κ3) is 11.5. The van der Waals surface area contributed by atoms with Gasteiger partial charge in [-0.1, -0.05) is 84.4 Å². The number of hydrogen-bond acceptors (Lipinski definition) is 5. The first kappa shape index (κ1) is 29.2. The maximum absolute atomic E-state index is 12.9. The van der Waals surface area contributed by atoms with Crippen LogP contribution in [-0.4, -0.2) is 31.8 Å². The molecule has 198 valence electrons. The van der Waals surface area contributed by atoms with Gasteiger partial charge < -0.3 is 14.2 Å². The van der Waals surface area contributed by atoms with Gasteiger partial charge >= 0.3 is 11.9 Å². The molecule has 0 spiro atoms. The van der Waals surface area contributed by atoms with E-state index in [2.05, 4.69) is 20.8 Å². The molecule has 0 aromatic heterocycles. The maximum atomic E-state index is 12.9. The average molecular weight is 489 g/mol. The second-order valence-corrected chi connectivity index (χ2v) is 10.7. The van der Waals surface area contributed by atoms with Gasteiger partial charge in [-0.05, 0) is 55.6 Å². The van der Waals surface area contributed by atoms with Crippen LogP contribution in [0.1, 0.15) is 91.9 Å². The Kier molecular flexibility index (Phi) is 13.8. The molecule has 1 aliphatic carbocycles. The molecular formula is C30H48O5. The summed E-state index contributed by atoms with van der Waals surface area (Å²) in [6.45, 7) is 9.80. The standard InChI is InChI=1S/C30H48O5/c1-5-19-34-30(32)28-22-25(14-10-13-24(4)12-9-11-23(2)3)17-18-27(28)29(31)35-21-20-33-26-15-7-6-8-16-26/h6-8,15-16,23-25,27-28H,5,9-14,17-22H2,1-4H3. The van der Waals surface area contributed by atoms with Crippen LogP contribution in [0, 0.1) is 29.6 Å². The number of hydrogen-bond donors (Lipinski definition) is 0. The number of carbonyl (C=O) groups excluding carboxylic acids is 2. The number of para-hydroxylation sites is 1. The Hall–Kier alpha value is -2.04. The molecule has 4 unspecified atom stereocenters. The molecule has 35 heavy (non-hydrogen) atoms. The Morgan fingerprint density at radius 3 is 2.26 bits per heavy atom. The lowest BCUT2D eigenvalue weighted by atomic mass is 9.72. The van der Waals surface area contributed by atoms with Gasteiger partial charge in [0.2, 0.25) is 0 Å². The van der Waals surface area contributed by atoms with Crippen molar-refractivity contribution in [2.24, 2.45) is 29.6 Å². The fraction of sp³-hybridized carbons (Fsp3) is 0.733.